The number of rotatable bonds is 5. The molecule has 30 heavy (non-hydrogen) atoms. The minimum atomic E-state index is -0.164. The van der Waals surface area contributed by atoms with E-state index in [4.69, 9.17) is 16.1 Å². The number of nitrogens with zero attached hydrogens (tertiary/aromatic N) is 4. The van der Waals surface area contributed by atoms with Crippen molar-refractivity contribution in [2.75, 3.05) is 38.0 Å². The van der Waals surface area contributed by atoms with E-state index in [1.165, 1.54) is 0 Å². The highest BCUT2D eigenvalue weighted by molar-refractivity contribution is 6.30. The summed E-state index contributed by atoms with van der Waals surface area (Å²) >= 11 is 5.95. The zero-order chi connectivity index (χ0) is 21.1. The summed E-state index contributed by atoms with van der Waals surface area (Å²) in [4.78, 5) is 29.0. The average molecular weight is 429 g/mol. The minimum absolute atomic E-state index is 0.0872. The third-order valence-electron chi connectivity index (χ3n) is 4.92. The van der Waals surface area contributed by atoms with E-state index in [9.17, 15) is 9.59 Å². The van der Waals surface area contributed by atoms with E-state index in [1.807, 2.05) is 17.0 Å². The van der Waals surface area contributed by atoms with E-state index in [0.717, 1.165) is 5.56 Å². The summed E-state index contributed by atoms with van der Waals surface area (Å²) in [6.45, 7) is 4.25. The van der Waals surface area contributed by atoms with Crippen molar-refractivity contribution in [2.24, 2.45) is 0 Å². The Labute approximate surface area is 178 Å². The number of carbonyl (C=O) groups excluding carboxylic acids is 2. The van der Waals surface area contributed by atoms with Gasteiger partial charge in [0, 0.05) is 42.8 Å². The van der Waals surface area contributed by atoms with Gasteiger partial charge < -0.3 is 14.7 Å². The summed E-state index contributed by atoms with van der Waals surface area (Å²) in [5, 5.41) is 14.0. The molecule has 0 radical (unpaired) electrons. The van der Waals surface area contributed by atoms with Crippen LogP contribution in [0.3, 0.4) is 0 Å². The molecule has 2 aromatic heterocycles. The van der Waals surface area contributed by atoms with Crippen molar-refractivity contribution in [2.45, 2.75) is 6.92 Å². The molecule has 1 fully saturated rings. The van der Waals surface area contributed by atoms with Crippen LogP contribution in [0.4, 0.5) is 5.82 Å². The summed E-state index contributed by atoms with van der Waals surface area (Å²) in [6.07, 6.45) is 1.55. The second kappa shape index (κ2) is 8.68. The molecule has 0 atom stereocenters. The third kappa shape index (κ3) is 4.52. The van der Waals surface area contributed by atoms with Gasteiger partial charge in [-0.05, 0) is 19.1 Å². The molecule has 0 unspecified atom stereocenters. The van der Waals surface area contributed by atoms with Gasteiger partial charge in [0.15, 0.2) is 5.82 Å². The number of halogens is 1. The summed E-state index contributed by atoms with van der Waals surface area (Å²) in [5.74, 6) is 0.787. The number of amides is 2. The fourth-order valence-electron chi connectivity index (χ4n) is 3.38. The molecule has 1 saturated heterocycles. The molecule has 0 bridgehead atoms. The van der Waals surface area contributed by atoms with Crippen LogP contribution in [-0.4, -0.2) is 69.7 Å². The molecular weight excluding hydrogens is 408 g/mol. The van der Waals surface area contributed by atoms with Gasteiger partial charge in [0.1, 0.15) is 5.76 Å². The molecule has 1 aromatic carbocycles. The maximum Gasteiger partial charge on any atom is 0.257 e. The highest BCUT2D eigenvalue weighted by atomic mass is 35.5. The lowest BCUT2D eigenvalue weighted by Crippen LogP contribution is -2.50. The second-order valence-corrected chi connectivity index (χ2v) is 7.54. The Morgan fingerprint density at radius 1 is 1.20 bits per heavy atom. The molecule has 4 rings (SSSR count). The van der Waals surface area contributed by atoms with E-state index < -0.39 is 0 Å². The number of aryl methyl sites for hydroxylation is 1. The lowest BCUT2D eigenvalue weighted by atomic mass is 10.1. The zero-order valence-corrected chi connectivity index (χ0v) is 17.1. The Hall–Kier alpha value is -3.17. The minimum Gasteiger partial charge on any atom is -0.360 e. The number of aromatic amines is 1. The number of anilines is 1. The molecule has 3 heterocycles. The topological polar surface area (TPSA) is 107 Å². The molecule has 9 nitrogen and oxygen atoms in total. The van der Waals surface area contributed by atoms with Gasteiger partial charge in [0.05, 0.1) is 24.0 Å². The number of benzene rings is 1. The molecule has 3 aromatic rings. The first-order valence-electron chi connectivity index (χ1n) is 9.54. The van der Waals surface area contributed by atoms with E-state index >= 15 is 0 Å². The summed E-state index contributed by atoms with van der Waals surface area (Å²) in [7, 11) is 0. The molecular formula is C20H21ClN6O3. The maximum absolute atomic E-state index is 13.0. The standard InChI is InChI=1S/C20H21ClN6O3/c1-13-10-17(25-30-13)23-18(28)12-26-6-8-27(9-7-26)20(29)16-11-22-24-19(16)14-2-4-15(21)5-3-14/h2-5,10-11H,6-9,12H2,1H3,(H,22,24)(H,23,25,28). The van der Waals surface area contributed by atoms with Crippen LogP contribution in [0.5, 0.6) is 0 Å². The Kier molecular flexibility index (Phi) is 5.82. The normalized spacial score (nSPS) is 14.7. The highest BCUT2D eigenvalue weighted by Gasteiger charge is 2.26. The van der Waals surface area contributed by atoms with E-state index in [-0.39, 0.29) is 18.4 Å². The molecule has 0 aliphatic carbocycles. The number of aromatic nitrogens is 3. The van der Waals surface area contributed by atoms with E-state index in [1.54, 1.807) is 36.2 Å². The largest absolute Gasteiger partial charge is 0.360 e. The third-order valence-corrected chi connectivity index (χ3v) is 5.18. The summed E-state index contributed by atoms with van der Waals surface area (Å²) < 4.78 is 4.94. The molecule has 10 heteroatoms. The fourth-order valence-corrected chi connectivity index (χ4v) is 3.50. The second-order valence-electron chi connectivity index (χ2n) is 7.10. The van der Waals surface area contributed by atoms with Crippen LogP contribution < -0.4 is 5.32 Å². The molecule has 2 amide bonds. The van der Waals surface area contributed by atoms with Gasteiger partial charge in [-0.15, -0.1) is 0 Å². The van der Waals surface area contributed by atoms with Gasteiger partial charge in [0.25, 0.3) is 5.91 Å². The SMILES string of the molecule is Cc1cc(NC(=O)CN2CCN(C(=O)c3cn[nH]c3-c3ccc(Cl)cc3)CC2)no1. The number of carbonyl (C=O) groups is 2. The van der Waals surface area contributed by atoms with Crippen molar-refractivity contribution in [3.8, 4) is 11.3 Å². The van der Waals surface area contributed by atoms with Gasteiger partial charge in [0.2, 0.25) is 5.91 Å². The fraction of sp³-hybridized carbons (Fsp3) is 0.300. The Balaban J connectivity index is 1.33. The average Bonchev–Trinajstić information content (AvgIpc) is 3.38. The van der Waals surface area contributed by atoms with Crippen molar-refractivity contribution >= 4 is 29.2 Å². The van der Waals surface area contributed by atoms with Crippen LogP contribution in [0.1, 0.15) is 16.1 Å². The van der Waals surface area contributed by atoms with Gasteiger partial charge in [-0.25, -0.2) is 0 Å². The maximum atomic E-state index is 13.0. The first-order valence-corrected chi connectivity index (χ1v) is 9.91. The molecule has 2 N–H and O–H groups in total. The van der Waals surface area contributed by atoms with E-state index in [0.29, 0.717) is 54.0 Å². The number of H-pyrrole nitrogens is 1. The van der Waals surface area contributed by atoms with Crippen LogP contribution >= 0.6 is 11.6 Å². The van der Waals surface area contributed by atoms with E-state index in [2.05, 4.69) is 20.7 Å². The van der Waals surface area contributed by atoms with Crippen molar-refractivity contribution in [1.29, 1.82) is 0 Å². The van der Waals surface area contributed by atoms with Crippen molar-refractivity contribution in [3.63, 3.8) is 0 Å². The van der Waals surface area contributed by atoms with Crippen LogP contribution in [0, 0.1) is 6.92 Å². The number of hydrogen-bond acceptors (Lipinski definition) is 6. The smallest absolute Gasteiger partial charge is 0.257 e. The highest BCUT2D eigenvalue weighted by Crippen LogP contribution is 2.24. The van der Waals surface area contributed by atoms with Crippen LogP contribution in [0.25, 0.3) is 11.3 Å². The molecule has 0 spiro atoms. The predicted molar refractivity (Wildman–Crippen MR) is 111 cm³/mol. The van der Waals surface area contributed by atoms with Crippen LogP contribution in [-0.2, 0) is 4.79 Å². The zero-order valence-electron chi connectivity index (χ0n) is 16.4. The van der Waals surface area contributed by atoms with Gasteiger partial charge >= 0.3 is 0 Å². The monoisotopic (exact) mass is 428 g/mol. The molecule has 156 valence electrons. The predicted octanol–water partition coefficient (Wildman–Crippen LogP) is 2.42. The number of nitrogens with one attached hydrogen (secondary N) is 2. The molecule has 0 saturated carbocycles. The quantitative estimate of drug-likeness (QED) is 0.646. The Bertz CT molecular complexity index is 1040. The first-order chi connectivity index (χ1) is 14.5. The Morgan fingerprint density at radius 2 is 1.93 bits per heavy atom. The van der Waals surface area contributed by atoms with Gasteiger partial charge in [-0.3, -0.25) is 19.6 Å². The number of hydrogen-bond donors (Lipinski definition) is 2. The summed E-state index contributed by atoms with van der Waals surface area (Å²) in [5.41, 5.74) is 2.03. The first kappa shape index (κ1) is 20.1. The number of piperazine rings is 1. The molecule has 1 aliphatic rings. The lowest BCUT2D eigenvalue weighted by Gasteiger charge is -2.34. The van der Waals surface area contributed by atoms with Crippen molar-refractivity contribution < 1.29 is 14.1 Å². The van der Waals surface area contributed by atoms with Crippen molar-refractivity contribution in [3.05, 3.63) is 52.9 Å². The molecule has 1 aliphatic heterocycles. The van der Waals surface area contributed by atoms with Crippen LogP contribution in [0.15, 0.2) is 41.1 Å². The van der Waals surface area contributed by atoms with Crippen LogP contribution in [0.2, 0.25) is 5.02 Å². The van der Waals surface area contributed by atoms with Gasteiger partial charge in [-0.2, -0.15) is 5.10 Å². The summed E-state index contributed by atoms with van der Waals surface area (Å²) in [6, 6.07) is 8.91. The Morgan fingerprint density at radius 3 is 2.60 bits per heavy atom. The van der Waals surface area contributed by atoms with Crippen molar-refractivity contribution in [1.82, 2.24) is 25.2 Å². The lowest BCUT2D eigenvalue weighted by molar-refractivity contribution is -0.117. The van der Waals surface area contributed by atoms with Gasteiger partial charge in [-0.1, -0.05) is 28.9 Å².